The van der Waals surface area contributed by atoms with Crippen molar-refractivity contribution in [3.63, 3.8) is 0 Å². The normalized spacial score (nSPS) is 21.6. The molecule has 0 unspecified atom stereocenters. The van der Waals surface area contributed by atoms with Gasteiger partial charge in [0.2, 0.25) is 5.91 Å². The number of carbonyl (C=O) groups is 3. The van der Waals surface area contributed by atoms with Gasteiger partial charge in [-0.1, -0.05) is 51.3 Å². The van der Waals surface area contributed by atoms with Crippen molar-refractivity contribution in [1.82, 2.24) is 10.2 Å². The maximum atomic E-state index is 13.5. The van der Waals surface area contributed by atoms with E-state index in [1.807, 2.05) is 29.2 Å². The molecule has 1 heterocycles. The number of methoxy groups -OCH3 is 1. The second kappa shape index (κ2) is 8.56. The maximum Gasteiger partial charge on any atom is 0.328 e. The average molecular weight is 401 g/mol. The lowest BCUT2D eigenvalue weighted by Crippen LogP contribution is -2.63. The molecule has 2 atom stereocenters. The predicted octanol–water partition coefficient (Wildman–Crippen LogP) is 3.26. The summed E-state index contributed by atoms with van der Waals surface area (Å²) in [5.41, 5.74) is 0.817. The number of hydrogen-bond donors (Lipinski definition) is 1. The third-order valence-electron chi connectivity index (χ3n) is 6.27. The summed E-state index contributed by atoms with van der Waals surface area (Å²) in [6, 6.07) is 6.69. The SMILES string of the molecule is COC(=O)[C@H](C)NC(=O)[C@@H]1c2ccccc2C(=O)N(CC(C)C)C12CCCCC2. The minimum atomic E-state index is -0.739. The summed E-state index contributed by atoms with van der Waals surface area (Å²) in [5, 5.41) is 2.85. The number of amides is 2. The lowest BCUT2D eigenvalue weighted by Gasteiger charge is -2.54. The Morgan fingerprint density at radius 3 is 2.45 bits per heavy atom. The number of benzene rings is 1. The zero-order valence-electron chi connectivity index (χ0n) is 17.9. The third kappa shape index (κ3) is 3.89. The highest BCUT2D eigenvalue weighted by molar-refractivity contribution is 6.02. The Hall–Kier alpha value is -2.37. The largest absolute Gasteiger partial charge is 0.467 e. The first kappa shape index (κ1) is 21.3. The fraction of sp³-hybridized carbons (Fsp3) is 0.609. The second-order valence-corrected chi connectivity index (χ2v) is 8.75. The van der Waals surface area contributed by atoms with E-state index in [0.717, 1.165) is 37.7 Å². The van der Waals surface area contributed by atoms with Crippen molar-refractivity contribution in [2.24, 2.45) is 5.92 Å². The van der Waals surface area contributed by atoms with E-state index < -0.39 is 23.5 Å². The first-order valence-electron chi connectivity index (χ1n) is 10.6. The molecule has 0 bridgehead atoms. The third-order valence-corrected chi connectivity index (χ3v) is 6.27. The van der Waals surface area contributed by atoms with E-state index in [9.17, 15) is 14.4 Å². The number of esters is 1. The van der Waals surface area contributed by atoms with Crippen molar-refractivity contribution in [3.8, 4) is 0 Å². The Labute approximate surface area is 173 Å². The van der Waals surface area contributed by atoms with Gasteiger partial charge in [0, 0.05) is 12.1 Å². The predicted molar refractivity (Wildman–Crippen MR) is 110 cm³/mol. The number of rotatable bonds is 5. The molecular formula is C23H32N2O4. The van der Waals surface area contributed by atoms with Crippen LogP contribution in [0, 0.1) is 5.92 Å². The van der Waals surface area contributed by atoms with Crippen LogP contribution in [0.25, 0.3) is 0 Å². The minimum Gasteiger partial charge on any atom is -0.467 e. The van der Waals surface area contributed by atoms with E-state index in [4.69, 9.17) is 4.74 Å². The molecule has 1 N–H and O–H groups in total. The summed E-state index contributed by atoms with van der Waals surface area (Å²) in [5.74, 6) is -0.877. The molecule has 2 amide bonds. The molecule has 1 fully saturated rings. The van der Waals surface area contributed by atoms with Crippen molar-refractivity contribution in [3.05, 3.63) is 35.4 Å². The Morgan fingerprint density at radius 1 is 1.17 bits per heavy atom. The first-order chi connectivity index (χ1) is 13.8. The molecule has 29 heavy (non-hydrogen) atoms. The molecule has 2 aliphatic rings. The highest BCUT2D eigenvalue weighted by Gasteiger charge is 2.54. The molecule has 1 aliphatic heterocycles. The van der Waals surface area contributed by atoms with Gasteiger partial charge in [0.05, 0.1) is 18.6 Å². The van der Waals surface area contributed by atoms with E-state index in [0.29, 0.717) is 18.0 Å². The van der Waals surface area contributed by atoms with Crippen LogP contribution in [0.3, 0.4) is 0 Å². The van der Waals surface area contributed by atoms with Crippen LogP contribution >= 0.6 is 0 Å². The topological polar surface area (TPSA) is 75.7 Å². The van der Waals surface area contributed by atoms with Gasteiger partial charge in [0.1, 0.15) is 6.04 Å². The molecule has 1 aromatic rings. The lowest BCUT2D eigenvalue weighted by molar-refractivity contribution is -0.145. The molecule has 3 rings (SSSR count). The molecule has 0 radical (unpaired) electrons. The highest BCUT2D eigenvalue weighted by Crippen LogP contribution is 2.49. The van der Waals surface area contributed by atoms with E-state index in [1.165, 1.54) is 7.11 Å². The van der Waals surface area contributed by atoms with Crippen LogP contribution in [0.2, 0.25) is 0 Å². The fourth-order valence-corrected chi connectivity index (χ4v) is 5.01. The van der Waals surface area contributed by atoms with Gasteiger partial charge < -0.3 is 15.0 Å². The van der Waals surface area contributed by atoms with Gasteiger partial charge in [-0.3, -0.25) is 9.59 Å². The number of hydrogen-bond acceptors (Lipinski definition) is 4. The Kier molecular flexibility index (Phi) is 6.30. The molecular weight excluding hydrogens is 368 g/mol. The molecule has 1 aliphatic carbocycles. The lowest BCUT2D eigenvalue weighted by atomic mass is 9.65. The number of ether oxygens (including phenoxy) is 1. The minimum absolute atomic E-state index is 0.0151. The van der Waals surface area contributed by atoms with Crippen molar-refractivity contribution < 1.29 is 19.1 Å². The zero-order valence-corrected chi connectivity index (χ0v) is 17.9. The molecule has 0 aromatic heterocycles. The molecule has 1 saturated carbocycles. The highest BCUT2D eigenvalue weighted by atomic mass is 16.5. The van der Waals surface area contributed by atoms with Gasteiger partial charge in [0.25, 0.3) is 5.91 Å². The average Bonchev–Trinajstić information content (AvgIpc) is 2.71. The number of fused-ring (bicyclic) bond motifs is 1. The smallest absolute Gasteiger partial charge is 0.328 e. The summed E-state index contributed by atoms with van der Waals surface area (Å²) < 4.78 is 4.78. The summed E-state index contributed by atoms with van der Waals surface area (Å²) in [6.45, 7) is 6.43. The zero-order chi connectivity index (χ0) is 21.2. The van der Waals surface area contributed by atoms with Gasteiger partial charge in [-0.15, -0.1) is 0 Å². The summed E-state index contributed by atoms with van der Waals surface area (Å²) in [4.78, 5) is 40.9. The maximum absolute atomic E-state index is 13.5. The van der Waals surface area contributed by atoms with Crippen molar-refractivity contribution >= 4 is 17.8 Å². The van der Waals surface area contributed by atoms with Crippen LogP contribution in [0.5, 0.6) is 0 Å². The van der Waals surface area contributed by atoms with Crippen LogP contribution in [-0.4, -0.2) is 47.9 Å². The number of nitrogens with zero attached hydrogens (tertiary/aromatic N) is 1. The van der Waals surface area contributed by atoms with Crippen molar-refractivity contribution in [2.75, 3.05) is 13.7 Å². The number of carbonyl (C=O) groups excluding carboxylic acids is 3. The van der Waals surface area contributed by atoms with Crippen LogP contribution in [-0.2, 0) is 14.3 Å². The molecule has 158 valence electrons. The summed E-state index contributed by atoms with van der Waals surface area (Å²) in [7, 11) is 1.31. The van der Waals surface area contributed by atoms with Gasteiger partial charge >= 0.3 is 5.97 Å². The molecule has 0 saturated heterocycles. The van der Waals surface area contributed by atoms with E-state index in [1.54, 1.807) is 6.92 Å². The van der Waals surface area contributed by atoms with E-state index in [2.05, 4.69) is 19.2 Å². The van der Waals surface area contributed by atoms with Crippen molar-refractivity contribution in [2.45, 2.75) is 70.4 Å². The quantitative estimate of drug-likeness (QED) is 0.770. The molecule has 1 aromatic carbocycles. The Bertz CT molecular complexity index is 783. The Balaban J connectivity index is 2.10. The van der Waals surface area contributed by atoms with E-state index >= 15 is 0 Å². The molecule has 1 spiro atoms. The second-order valence-electron chi connectivity index (χ2n) is 8.75. The van der Waals surface area contributed by atoms with Crippen LogP contribution < -0.4 is 5.32 Å². The van der Waals surface area contributed by atoms with Gasteiger partial charge in [-0.2, -0.15) is 0 Å². The fourth-order valence-electron chi connectivity index (χ4n) is 5.01. The van der Waals surface area contributed by atoms with Crippen molar-refractivity contribution in [1.29, 1.82) is 0 Å². The van der Waals surface area contributed by atoms with Gasteiger partial charge in [0.15, 0.2) is 0 Å². The Morgan fingerprint density at radius 2 is 1.83 bits per heavy atom. The monoisotopic (exact) mass is 400 g/mol. The van der Waals surface area contributed by atoms with Crippen LogP contribution in [0.15, 0.2) is 24.3 Å². The standard InChI is InChI=1S/C23H32N2O4/c1-15(2)14-25-21(27)18-11-7-6-10-17(18)19(23(25)12-8-5-9-13-23)20(26)24-16(3)22(28)29-4/h6-7,10-11,15-16,19H,5,8-9,12-14H2,1-4H3,(H,24,26)/t16-,19-/m0/s1. The number of nitrogens with one attached hydrogen (secondary N) is 1. The summed E-state index contributed by atoms with van der Waals surface area (Å²) in [6.07, 6.45) is 4.68. The van der Waals surface area contributed by atoms with Crippen LogP contribution in [0.4, 0.5) is 0 Å². The molecule has 6 heteroatoms. The first-order valence-corrected chi connectivity index (χ1v) is 10.6. The molecule has 6 nitrogen and oxygen atoms in total. The van der Waals surface area contributed by atoms with E-state index in [-0.39, 0.29) is 11.8 Å². The van der Waals surface area contributed by atoms with Gasteiger partial charge in [-0.05, 0) is 37.3 Å². The van der Waals surface area contributed by atoms with Crippen LogP contribution in [0.1, 0.15) is 74.7 Å². The van der Waals surface area contributed by atoms with Gasteiger partial charge in [-0.25, -0.2) is 4.79 Å². The summed E-state index contributed by atoms with van der Waals surface area (Å²) >= 11 is 0.